The van der Waals surface area contributed by atoms with Crippen LogP contribution >= 0.6 is 0 Å². The molecule has 0 radical (unpaired) electrons. The van der Waals surface area contributed by atoms with Crippen molar-refractivity contribution in [2.45, 2.75) is 12.5 Å². The van der Waals surface area contributed by atoms with Gasteiger partial charge in [0.25, 0.3) is 6.43 Å². The number of ether oxygens (including phenoxy) is 1. The van der Waals surface area contributed by atoms with Gasteiger partial charge >= 0.3 is 0 Å². The lowest BCUT2D eigenvalue weighted by Gasteiger charge is -2.19. The number of alkyl halides is 2. The molecule has 3 N–H and O–H groups in total. The Bertz CT molecular complexity index is 321. The Morgan fingerprint density at radius 2 is 2.06 bits per heavy atom. The predicted molar refractivity (Wildman–Crippen MR) is 58.8 cm³/mol. The minimum atomic E-state index is -2.39. The van der Waals surface area contributed by atoms with Gasteiger partial charge in [0, 0.05) is 18.2 Å². The third kappa shape index (κ3) is 3.43. The lowest BCUT2D eigenvalue weighted by molar-refractivity contribution is 0.141. The van der Waals surface area contributed by atoms with E-state index in [1.165, 1.54) is 0 Å². The molecule has 0 amide bonds. The summed E-state index contributed by atoms with van der Waals surface area (Å²) in [5, 5.41) is 2.70. The molecule has 0 aliphatic heterocycles. The van der Waals surface area contributed by atoms with E-state index in [0.29, 0.717) is 5.75 Å². The zero-order valence-electron chi connectivity index (χ0n) is 9.12. The Morgan fingerprint density at radius 3 is 2.62 bits per heavy atom. The normalized spacial score (nSPS) is 12.8. The molecule has 90 valence electrons. The number of halogens is 2. The molecule has 0 fully saturated rings. The monoisotopic (exact) mass is 230 g/mol. The summed E-state index contributed by atoms with van der Waals surface area (Å²) in [5.74, 6) is 0.653. The summed E-state index contributed by atoms with van der Waals surface area (Å²) in [5.41, 5.74) is 6.35. The van der Waals surface area contributed by atoms with E-state index in [4.69, 9.17) is 10.5 Å². The van der Waals surface area contributed by atoms with Crippen molar-refractivity contribution in [3.8, 4) is 5.75 Å². The van der Waals surface area contributed by atoms with E-state index < -0.39 is 6.43 Å². The largest absolute Gasteiger partial charge is 0.496 e. The molecule has 0 aromatic heterocycles. The Morgan fingerprint density at radius 1 is 1.38 bits per heavy atom. The molecule has 1 aromatic carbocycles. The third-order valence-corrected chi connectivity index (χ3v) is 2.27. The first-order chi connectivity index (χ1) is 7.69. The maximum atomic E-state index is 12.1. The van der Waals surface area contributed by atoms with Crippen molar-refractivity contribution in [3.05, 3.63) is 29.8 Å². The molecule has 0 spiro atoms. The van der Waals surface area contributed by atoms with Crippen LogP contribution in [0.2, 0.25) is 0 Å². The number of nitrogens with two attached hydrogens (primary N) is 1. The number of benzene rings is 1. The van der Waals surface area contributed by atoms with Crippen molar-refractivity contribution in [2.24, 2.45) is 5.73 Å². The van der Waals surface area contributed by atoms with E-state index in [1.54, 1.807) is 13.2 Å². The molecule has 1 aromatic rings. The molecule has 0 aliphatic carbocycles. The highest BCUT2D eigenvalue weighted by atomic mass is 19.3. The average molecular weight is 230 g/mol. The van der Waals surface area contributed by atoms with Gasteiger partial charge in [0.2, 0.25) is 0 Å². The van der Waals surface area contributed by atoms with Crippen LogP contribution in [0.1, 0.15) is 11.6 Å². The van der Waals surface area contributed by atoms with Gasteiger partial charge in [0.1, 0.15) is 5.75 Å². The number of rotatable bonds is 6. The van der Waals surface area contributed by atoms with E-state index >= 15 is 0 Å². The Kier molecular flexibility index (Phi) is 5.14. The molecule has 1 atom stereocenters. The fourth-order valence-corrected chi connectivity index (χ4v) is 1.51. The molecule has 0 saturated carbocycles. The first-order valence-corrected chi connectivity index (χ1v) is 5.03. The zero-order valence-corrected chi connectivity index (χ0v) is 9.12. The van der Waals surface area contributed by atoms with Crippen molar-refractivity contribution < 1.29 is 13.5 Å². The summed E-state index contributed by atoms with van der Waals surface area (Å²) >= 11 is 0. The van der Waals surface area contributed by atoms with Crippen molar-refractivity contribution >= 4 is 0 Å². The first kappa shape index (κ1) is 12.9. The van der Waals surface area contributed by atoms with Gasteiger partial charge in [-0.25, -0.2) is 8.78 Å². The summed E-state index contributed by atoms with van der Waals surface area (Å²) in [6.07, 6.45) is -2.39. The number of nitrogens with one attached hydrogen (secondary N) is 1. The standard InChI is InChI=1S/C11H16F2N2O/c1-16-10-5-3-2-4-8(10)9(6-14)15-7-11(12)13/h2-5,9,11,15H,6-7,14H2,1H3. The van der Waals surface area contributed by atoms with Gasteiger partial charge in [-0.05, 0) is 6.07 Å². The highest BCUT2D eigenvalue weighted by Crippen LogP contribution is 2.23. The van der Waals surface area contributed by atoms with Crippen LogP contribution < -0.4 is 15.8 Å². The maximum absolute atomic E-state index is 12.1. The van der Waals surface area contributed by atoms with Gasteiger partial charge in [-0.3, -0.25) is 0 Å². The fraction of sp³-hybridized carbons (Fsp3) is 0.455. The quantitative estimate of drug-likeness (QED) is 0.779. The van der Waals surface area contributed by atoms with Gasteiger partial charge in [0.15, 0.2) is 0 Å². The molecule has 1 unspecified atom stereocenters. The minimum Gasteiger partial charge on any atom is -0.496 e. The van der Waals surface area contributed by atoms with E-state index in [9.17, 15) is 8.78 Å². The van der Waals surface area contributed by atoms with Crippen LogP contribution in [0.4, 0.5) is 8.78 Å². The molecule has 0 heterocycles. The SMILES string of the molecule is COc1ccccc1C(CN)NCC(F)F. The summed E-state index contributed by atoms with van der Waals surface area (Å²) < 4.78 is 29.3. The van der Waals surface area contributed by atoms with Gasteiger partial charge in [-0.15, -0.1) is 0 Å². The number of para-hydroxylation sites is 1. The smallest absolute Gasteiger partial charge is 0.250 e. The summed E-state index contributed by atoms with van der Waals surface area (Å²) in [4.78, 5) is 0. The van der Waals surface area contributed by atoms with E-state index in [2.05, 4.69) is 5.32 Å². The fourth-order valence-electron chi connectivity index (χ4n) is 1.51. The highest BCUT2D eigenvalue weighted by molar-refractivity contribution is 5.36. The van der Waals surface area contributed by atoms with Crippen LogP contribution in [0.15, 0.2) is 24.3 Å². The molecule has 0 aliphatic rings. The highest BCUT2D eigenvalue weighted by Gasteiger charge is 2.15. The Hall–Kier alpha value is -1.20. The van der Waals surface area contributed by atoms with Gasteiger partial charge < -0.3 is 15.8 Å². The van der Waals surface area contributed by atoms with E-state index in [-0.39, 0.29) is 19.1 Å². The van der Waals surface area contributed by atoms with Crippen LogP contribution in [-0.2, 0) is 0 Å². The molecular weight excluding hydrogens is 214 g/mol. The van der Waals surface area contributed by atoms with Crippen molar-refractivity contribution in [1.29, 1.82) is 0 Å². The van der Waals surface area contributed by atoms with Gasteiger partial charge in [-0.1, -0.05) is 18.2 Å². The van der Waals surface area contributed by atoms with Gasteiger partial charge in [-0.2, -0.15) is 0 Å². The molecule has 1 rings (SSSR count). The van der Waals surface area contributed by atoms with Crippen molar-refractivity contribution in [2.75, 3.05) is 20.2 Å². The van der Waals surface area contributed by atoms with Crippen LogP contribution in [0.5, 0.6) is 5.75 Å². The molecule has 3 nitrogen and oxygen atoms in total. The third-order valence-electron chi connectivity index (χ3n) is 2.27. The van der Waals surface area contributed by atoms with Crippen LogP contribution in [0, 0.1) is 0 Å². The number of methoxy groups -OCH3 is 1. The number of hydrogen-bond acceptors (Lipinski definition) is 3. The minimum absolute atomic E-state index is 0.243. The second kappa shape index (κ2) is 6.40. The van der Waals surface area contributed by atoms with Crippen molar-refractivity contribution in [3.63, 3.8) is 0 Å². The summed E-state index contributed by atoms with van der Waals surface area (Å²) in [6, 6.07) is 6.93. The topological polar surface area (TPSA) is 47.3 Å². The predicted octanol–water partition coefficient (Wildman–Crippen LogP) is 1.55. The molecule has 16 heavy (non-hydrogen) atoms. The van der Waals surface area contributed by atoms with Crippen LogP contribution in [-0.4, -0.2) is 26.6 Å². The van der Waals surface area contributed by atoms with Crippen LogP contribution in [0.25, 0.3) is 0 Å². The van der Waals surface area contributed by atoms with Crippen molar-refractivity contribution in [1.82, 2.24) is 5.32 Å². The Labute approximate surface area is 93.6 Å². The number of hydrogen-bond donors (Lipinski definition) is 2. The summed E-state index contributed by atoms with van der Waals surface area (Å²) in [7, 11) is 1.54. The maximum Gasteiger partial charge on any atom is 0.250 e. The molecule has 0 bridgehead atoms. The lowest BCUT2D eigenvalue weighted by atomic mass is 10.1. The van der Waals surface area contributed by atoms with Gasteiger partial charge in [0.05, 0.1) is 13.7 Å². The van der Waals surface area contributed by atoms with E-state index in [0.717, 1.165) is 5.56 Å². The van der Waals surface area contributed by atoms with Crippen LogP contribution in [0.3, 0.4) is 0 Å². The zero-order chi connectivity index (χ0) is 12.0. The Balaban J connectivity index is 2.77. The molecule has 5 heteroatoms. The second-order valence-corrected chi connectivity index (χ2v) is 3.33. The second-order valence-electron chi connectivity index (χ2n) is 3.33. The van der Waals surface area contributed by atoms with E-state index in [1.807, 2.05) is 18.2 Å². The summed E-state index contributed by atoms with van der Waals surface area (Å²) in [6.45, 7) is -0.132. The first-order valence-electron chi connectivity index (χ1n) is 5.03. The lowest BCUT2D eigenvalue weighted by Crippen LogP contribution is -2.32. The molecule has 0 saturated heterocycles. The molecular formula is C11H16F2N2O. The average Bonchev–Trinajstić information content (AvgIpc) is 2.30.